The lowest BCUT2D eigenvalue weighted by Gasteiger charge is -2.10. The second-order valence-corrected chi connectivity index (χ2v) is 6.45. The van der Waals surface area contributed by atoms with E-state index in [-0.39, 0.29) is 5.91 Å². The molecule has 0 radical (unpaired) electrons. The van der Waals surface area contributed by atoms with E-state index in [1.54, 1.807) is 0 Å². The summed E-state index contributed by atoms with van der Waals surface area (Å²) in [6.07, 6.45) is 0. The molecule has 0 aromatic heterocycles. The molecular weight excluding hydrogens is 181 g/mol. The van der Waals surface area contributed by atoms with Crippen LogP contribution in [0.2, 0.25) is 0 Å². The molecule has 6 heteroatoms. The Morgan fingerprint density at radius 2 is 2.33 bits per heavy atom. The smallest absolute Gasteiger partial charge is 0.246 e. The molecule has 0 aliphatic carbocycles. The molecule has 0 rings (SSSR count). The average molecular weight is 188 g/mol. The first-order valence-electron chi connectivity index (χ1n) is 2.12. The highest BCUT2D eigenvalue weighted by Crippen LogP contribution is 2.46. The van der Waals surface area contributed by atoms with Crippen LogP contribution in [0.1, 0.15) is 6.92 Å². The highest BCUT2D eigenvalue weighted by atomic mass is 35.7. The van der Waals surface area contributed by atoms with Crippen molar-refractivity contribution < 1.29 is 9.32 Å². The van der Waals surface area contributed by atoms with Gasteiger partial charge in [-0.05, 0) is 23.0 Å². The molecule has 0 aliphatic rings. The van der Waals surface area contributed by atoms with Gasteiger partial charge in [0, 0.05) is 14.0 Å². The number of nitrogens with one attached hydrogen (secondary N) is 1. The molecule has 0 aromatic rings. The van der Waals surface area contributed by atoms with Crippen LogP contribution in [0.15, 0.2) is 0 Å². The maximum absolute atomic E-state index is 10.3. The zero-order valence-corrected chi connectivity index (χ0v) is 7.52. The van der Waals surface area contributed by atoms with Gasteiger partial charge in [0.1, 0.15) is 0 Å². The lowest BCUT2D eigenvalue weighted by atomic mass is 10.8. The number of carbonyl (C=O) groups is 1. The molecule has 0 aromatic carbocycles. The third-order valence-corrected chi connectivity index (χ3v) is 2.97. The van der Waals surface area contributed by atoms with Gasteiger partial charge in [-0.2, -0.15) is 0 Å². The van der Waals surface area contributed by atoms with Gasteiger partial charge in [0.05, 0.1) is 0 Å². The molecule has 0 fully saturated rings. The maximum Gasteiger partial charge on any atom is 0.246 e. The van der Waals surface area contributed by atoms with Crippen LogP contribution in [0.25, 0.3) is 0 Å². The molecule has 0 heterocycles. The Hall–Kier alpha value is 0.370. The van der Waals surface area contributed by atoms with Gasteiger partial charge in [0.25, 0.3) is 0 Å². The SMILES string of the molecule is COP(=S)(Cl)NC(C)=O. The van der Waals surface area contributed by atoms with Crippen LogP contribution in [0.4, 0.5) is 0 Å². The zero-order valence-electron chi connectivity index (χ0n) is 5.05. The van der Waals surface area contributed by atoms with Crippen LogP contribution in [0.3, 0.4) is 0 Å². The van der Waals surface area contributed by atoms with Crippen LogP contribution < -0.4 is 5.09 Å². The van der Waals surface area contributed by atoms with Crippen molar-refractivity contribution >= 4 is 34.7 Å². The summed E-state index contributed by atoms with van der Waals surface area (Å²) in [5, 5.41) is 2.30. The van der Waals surface area contributed by atoms with E-state index in [0.717, 1.165) is 0 Å². The van der Waals surface area contributed by atoms with E-state index in [2.05, 4.69) is 21.4 Å². The van der Waals surface area contributed by atoms with Gasteiger partial charge in [-0.25, -0.2) is 0 Å². The van der Waals surface area contributed by atoms with Gasteiger partial charge >= 0.3 is 0 Å². The largest absolute Gasteiger partial charge is 0.326 e. The topological polar surface area (TPSA) is 38.3 Å². The van der Waals surface area contributed by atoms with E-state index in [9.17, 15) is 4.79 Å². The summed E-state index contributed by atoms with van der Waals surface area (Å²) in [5.74, 6) is -2.79. The molecule has 0 bridgehead atoms. The second kappa shape index (κ2) is 3.52. The van der Waals surface area contributed by atoms with Gasteiger partial charge in [0.15, 0.2) is 0 Å². The Kier molecular flexibility index (Phi) is 3.66. The van der Waals surface area contributed by atoms with Gasteiger partial charge in [-0.1, -0.05) is 0 Å². The minimum atomic E-state index is -2.52. The molecule has 1 atom stereocenters. The van der Waals surface area contributed by atoms with Crippen molar-refractivity contribution in [3.8, 4) is 0 Å². The number of hydrogen-bond acceptors (Lipinski definition) is 3. The molecule has 3 nitrogen and oxygen atoms in total. The Labute approximate surface area is 63.7 Å². The van der Waals surface area contributed by atoms with Crippen molar-refractivity contribution in [2.75, 3.05) is 7.11 Å². The fourth-order valence-electron chi connectivity index (χ4n) is 0.234. The van der Waals surface area contributed by atoms with Crippen molar-refractivity contribution in [2.24, 2.45) is 0 Å². The van der Waals surface area contributed by atoms with Gasteiger partial charge in [0.2, 0.25) is 11.7 Å². The first-order valence-corrected chi connectivity index (χ1v) is 5.75. The fraction of sp³-hybridized carbons (Fsp3) is 0.667. The Bertz CT molecular complexity index is 162. The number of amides is 1. The highest BCUT2D eigenvalue weighted by molar-refractivity contribution is 8.23. The summed E-state index contributed by atoms with van der Waals surface area (Å²) in [7, 11) is 1.36. The van der Waals surface area contributed by atoms with Crippen LogP contribution in [-0.4, -0.2) is 13.0 Å². The van der Waals surface area contributed by atoms with Crippen molar-refractivity contribution in [3.05, 3.63) is 0 Å². The number of hydrogen-bond donors (Lipinski definition) is 1. The quantitative estimate of drug-likeness (QED) is 0.661. The first-order chi connectivity index (χ1) is 3.98. The van der Waals surface area contributed by atoms with Crippen LogP contribution in [0.5, 0.6) is 0 Å². The molecule has 0 saturated carbocycles. The summed E-state index contributed by atoms with van der Waals surface area (Å²) in [6, 6.07) is 0. The number of rotatable bonds is 2. The molecule has 0 aliphatic heterocycles. The second-order valence-electron chi connectivity index (χ2n) is 1.33. The summed E-state index contributed by atoms with van der Waals surface area (Å²) >= 11 is 10.1. The van der Waals surface area contributed by atoms with Gasteiger partial charge in [-0.3, -0.25) is 9.88 Å². The normalized spacial score (nSPS) is 16.3. The van der Waals surface area contributed by atoms with Crippen molar-refractivity contribution in [3.63, 3.8) is 0 Å². The molecule has 0 saturated heterocycles. The van der Waals surface area contributed by atoms with Crippen LogP contribution in [-0.2, 0) is 21.1 Å². The predicted octanol–water partition coefficient (Wildman–Crippen LogP) is 1.23. The lowest BCUT2D eigenvalue weighted by Crippen LogP contribution is -2.13. The number of halogens is 1. The standard InChI is InChI=1S/C3H7ClNO2PS/c1-3(6)5-8(4,9)7-2/h1-2H3,(H,5,6,9). The Balaban J connectivity index is 3.88. The Morgan fingerprint density at radius 1 is 1.89 bits per heavy atom. The summed E-state index contributed by atoms with van der Waals surface area (Å²) in [6.45, 7) is 1.34. The molecule has 1 amide bonds. The first kappa shape index (κ1) is 9.37. The van der Waals surface area contributed by atoms with Crippen molar-refractivity contribution in [2.45, 2.75) is 6.92 Å². The molecular formula is C3H7ClNO2PS. The van der Waals surface area contributed by atoms with Gasteiger partial charge < -0.3 is 4.52 Å². The van der Waals surface area contributed by atoms with Crippen LogP contribution >= 0.6 is 17.0 Å². The Morgan fingerprint density at radius 3 is 2.44 bits per heavy atom. The van der Waals surface area contributed by atoms with Crippen molar-refractivity contribution in [1.29, 1.82) is 0 Å². The summed E-state index contributed by atoms with van der Waals surface area (Å²) in [5.41, 5.74) is 0. The third kappa shape index (κ3) is 4.85. The minimum Gasteiger partial charge on any atom is -0.326 e. The summed E-state index contributed by atoms with van der Waals surface area (Å²) in [4.78, 5) is 10.3. The predicted molar refractivity (Wildman–Crippen MR) is 41.0 cm³/mol. The van der Waals surface area contributed by atoms with E-state index >= 15 is 0 Å². The number of carbonyl (C=O) groups excluding carboxylic acids is 1. The maximum atomic E-state index is 10.3. The van der Waals surface area contributed by atoms with E-state index in [0.29, 0.717) is 0 Å². The average Bonchev–Trinajstić information content (AvgIpc) is 1.63. The van der Waals surface area contributed by atoms with E-state index < -0.39 is 5.77 Å². The minimum absolute atomic E-state index is 0.268. The molecule has 1 N–H and O–H groups in total. The van der Waals surface area contributed by atoms with Gasteiger partial charge in [-0.15, -0.1) is 0 Å². The fourth-order valence-corrected chi connectivity index (χ4v) is 1.44. The van der Waals surface area contributed by atoms with E-state index in [4.69, 9.17) is 11.2 Å². The molecule has 9 heavy (non-hydrogen) atoms. The third-order valence-electron chi connectivity index (χ3n) is 0.526. The molecule has 1 unspecified atom stereocenters. The van der Waals surface area contributed by atoms with Crippen molar-refractivity contribution in [1.82, 2.24) is 5.09 Å². The molecule has 54 valence electrons. The highest BCUT2D eigenvalue weighted by Gasteiger charge is 2.11. The zero-order chi connectivity index (χ0) is 7.49. The molecule has 0 spiro atoms. The van der Waals surface area contributed by atoms with E-state index in [1.165, 1.54) is 14.0 Å². The van der Waals surface area contributed by atoms with E-state index in [1.807, 2.05) is 0 Å². The van der Waals surface area contributed by atoms with Crippen LogP contribution in [0, 0.1) is 0 Å². The summed E-state index contributed by atoms with van der Waals surface area (Å²) < 4.78 is 4.61. The lowest BCUT2D eigenvalue weighted by molar-refractivity contribution is -0.117. The monoisotopic (exact) mass is 187 g/mol.